The molecule has 0 amide bonds. The van der Waals surface area contributed by atoms with Gasteiger partial charge in [0.2, 0.25) is 11.1 Å². The number of fused-ring (bicyclic) bond motifs is 1. The van der Waals surface area contributed by atoms with Crippen LogP contribution in [-0.4, -0.2) is 27.3 Å². The molecule has 0 bridgehead atoms. The Hall–Kier alpha value is -2.84. The summed E-state index contributed by atoms with van der Waals surface area (Å²) in [6.45, 7) is 3.68. The zero-order chi connectivity index (χ0) is 22.0. The molecule has 0 aliphatic carbocycles. The fourth-order valence-corrected chi connectivity index (χ4v) is 4.52. The topological polar surface area (TPSA) is 69.0 Å². The monoisotopic (exact) mass is 458 g/mol. The lowest BCUT2D eigenvalue weighted by atomic mass is 9.95. The van der Waals surface area contributed by atoms with Gasteiger partial charge in [-0.1, -0.05) is 59.8 Å². The Morgan fingerprint density at radius 1 is 1.26 bits per heavy atom. The van der Waals surface area contributed by atoms with Crippen LogP contribution in [0.25, 0.3) is 0 Å². The Balaban J connectivity index is 1.72. The second-order valence-electron chi connectivity index (χ2n) is 6.85. The molecular weight excluding hydrogens is 439 g/mol. The van der Waals surface area contributed by atoms with Crippen LogP contribution in [0.3, 0.4) is 0 Å². The van der Waals surface area contributed by atoms with Crippen molar-refractivity contribution in [2.45, 2.75) is 30.8 Å². The minimum absolute atomic E-state index is 0.211. The van der Waals surface area contributed by atoms with E-state index in [2.05, 4.69) is 15.4 Å². The maximum Gasteiger partial charge on any atom is 0.338 e. The summed E-state index contributed by atoms with van der Waals surface area (Å²) in [6.07, 6.45) is 0. The molecule has 0 saturated carbocycles. The highest BCUT2D eigenvalue weighted by molar-refractivity contribution is 7.98. The van der Waals surface area contributed by atoms with E-state index in [9.17, 15) is 9.18 Å². The van der Waals surface area contributed by atoms with Crippen molar-refractivity contribution in [1.29, 1.82) is 0 Å². The number of rotatable bonds is 6. The van der Waals surface area contributed by atoms with E-state index in [1.165, 1.54) is 22.5 Å². The SMILES string of the molecule is CCOC(=O)C1=C(C)Nc2nc(SCc3ccccc3Cl)nn2C1c1ccccc1F. The van der Waals surface area contributed by atoms with Gasteiger partial charge in [-0.15, -0.1) is 5.10 Å². The van der Waals surface area contributed by atoms with E-state index in [4.69, 9.17) is 16.3 Å². The van der Waals surface area contributed by atoms with E-state index in [0.717, 1.165) is 5.56 Å². The van der Waals surface area contributed by atoms with E-state index in [0.29, 0.717) is 38.7 Å². The molecule has 0 saturated heterocycles. The average Bonchev–Trinajstić information content (AvgIpc) is 3.15. The third kappa shape index (κ3) is 4.31. The van der Waals surface area contributed by atoms with Gasteiger partial charge in [-0.05, 0) is 31.5 Å². The number of esters is 1. The van der Waals surface area contributed by atoms with Gasteiger partial charge >= 0.3 is 5.97 Å². The predicted octanol–water partition coefficient (Wildman–Crippen LogP) is 5.21. The second kappa shape index (κ2) is 9.11. The summed E-state index contributed by atoms with van der Waals surface area (Å²) in [6, 6.07) is 13.1. The minimum Gasteiger partial charge on any atom is -0.463 e. The van der Waals surface area contributed by atoms with Crippen LogP contribution in [0, 0.1) is 5.82 Å². The van der Waals surface area contributed by atoms with Gasteiger partial charge in [-0.25, -0.2) is 13.9 Å². The van der Waals surface area contributed by atoms with Crippen LogP contribution in [0.15, 0.2) is 65.0 Å². The quantitative estimate of drug-likeness (QED) is 0.403. The molecular formula is C22H20ClFN4O2S. The molecule has 2 aromatic carbocycles. The molecule has 1 unspecified atom stereocenters. The summed E-state index contributed by atoms with van der Waals surface area (Å²) in [4.78, 5) is 17.3. The van der Waals surface area contributed by atoms with Gasteiger partial charge in [0.25, 0.3) is 0 Å². The molecule has 1 aliphatic rings. The molecule has 2 heterocycles. The van der Waals surface area contributed by atoms with E-state index in [1.807, 2.05) is 24.3 Å². The molecule has 1 aromatic heterocycles. The number of carbonyl (C=O) groups is 1. The van der Waals surface area contributed by atoms with Crippen molar-refractivity contribution in [2.24, 2.45) is 0 Å². The maximum absolute atomic E-state index is 14.8. The van der Waals surface area contributed by atoms with Crippen LogP contribution in [0.5, 0.6) is 0 Å². The maximum atomic E-state index is 14.8. The fraction of sp³-hybridized carbons (Fsp3) is 0.227. The Labute approximate surface area is 188 Å². The summed E-state index contributed by atoms with van der Waals surface area (Å²) in [7, 11) is 0. The third-order valence-corrected chi connectivity index (χ3v) is 6.10. The molecule has 1 atom stereocenters. The van der Waals surface area contributed by atoms with Gasteiger partial charge in [-0.2, -0.15) is 4.98 Å². The Morgan fingerprint density at radius 2 is 2.00 bits per heavy atom. The molecule has 0 spiro atoms. The molecule has 0 fully saturated rings. The van der Waals surface area contributed by atoms with Crippen LogP contribution >= 0.6 is 23.4 Å². The first kappa shape index (κ1) is 21.4. The number of carbonyl (C=O) groups excluding carboxylic acids is 1. The molecule has 6 nitrogen and oxygen atoms in total. The van der Waals surface area contributed by atoms with Gasteiger partial charge < -0.3 is 10.1 Å². The van der Waals surface area contributed by atoms with E-state index in [-0.39, 0.29) is 6.61 Å². The zero-order valence-corrected chi connectivity index (χ0v) is 18.5. The van der Waals surface area contributed by atoms with Crippen molar-refractivity contribution < 1.29 is 13.9 Å². The second-order valence-corrected chi connectivity index (χ2v) is 8.20. The van der Waals surface area contributed by atoms with E-state index >= 15 is 0 Å². The molecule has 160 valence electrons. The number of ether oxygens (including phenoxy) is 1. The number of nitrogens with one attached hydrogen (secondary N) is 1. The number of halogens is 2. The Morgan fingerprint density at radius 3 is 2.74 bits per heavy atom. The van der Waals surface area contributed by atoms with Gasteiger partial charge in [0, 0.05) is 22.0 Å². The lowest BCUT2D eigenvalue weighted by Crippen LogP contribution is -2.30. The molecule has 9 heteroatoms. The number of aromatic nitrogens is 3. The summed E-state index contributed by atoms with van der Waals surface area (Å²) in [5.41, 5.74) is 2.13. The van der Waals surface area contributed by atoms with Crippen LogP contribution in [-0.2, 0) is 15.3 Å². The average molecular weight is 459 g/mol. The molecule has 4 rings (SSSR count). The number of thioether (sulfide) groups is 1. The first-order chi connectivity index (χ1) is 15.0. The third-order valence-electron chi connectivity index (χ3n) is 4.84. The highest BCUT2D eigenvalue weighted by Crippen LogP contribution is 2.38. The first-order valence-electron chi connectivity index (χ1n) is 9.71. The van der Waals surface area contributed by atoms with Gasteiger partial charge in [0.05, 0.1) is 12.2 Å². The van der Waals surface area contributed by atoms with Crippen molar-refractivity contribution in [3.8, 4) is 0 Å². The molecule has 31 heavy (non-hydrogen) atoms. The van der Waals surface area contributed by atoms with Crippen LogP contribution in [0.4, 0.5) is 10.3 Å². The lowest BCUT2D eigenvalue weighted by Gasteiger charge is -2.28. The van der Waals surface area contributed by atoms with Gasteiger partial charge in [0.15, 0.2) is 0 Å². The minimum atomic E-state index is -0.793. The van der Waals surface area contributed by atoms with Crippen LogP contribution < -0.4 is 5.32 Å². The van der Waals surface area contributed by atoms with Gasteiger partial charge in [0.1, 0.15) is 11.9 Å². The number of hydrogen-bond donors (Lipinski definition) is 1. The van der Waals surface area contributed by atoms with Crippen LogP contribution in [0.1, 0.15) is 31.0 Å². The van der Waals surface area contributed by atoms with Crippen molar-refractivity contribution in [2.75, 3.05) is 11.9 Å². The standard InChI is InChI=1S/C22H20ClFN4O2S/c1-3-30-20(29)18-13(2)25-21-26-22(31-12-14-8-4-6-10-16(14)23)27-28(21)19(18)15-9-5-7-11-17(15)24/h4-11,19H,3,12H2,1-2H3,(H,25,26,27). The molecule has 3 aromatic rings. The molecule has 0 radical (unpaired) electrons. The van der Waals surface area contributed by atoms with Crippen LogP contribution in [0.2, 0.25) is 5.02 Å². The highest BCUT2D eigenvalue weighted by atomic mass is 35.5. The first-order valence-corrected chi connectivity index (χ1v) is 11.1. The van der Waals surface area contributed by atoms with Crippen molar-refractivity contribution in [1.82, 2.24) is 14.8 Å². The molecule has 1 N–H and O–H groups in total. The number of nitrogens with zero attached hydrogens (tertiary/aromatic N) is 3. The number of anilines is 1. The summed E-state index contributed by atoms with van der Waals surface area (Å²) in [5.74, 6) is 0.0494. The Kier molecular flexibility index (Phi) is 6.29. The predicted molar refractivity (Wildman–Crippen MR) is 119 cm³/mol. The highest BCUT2D eigenvalue weighted by Gasteiger charge is 2.36. The van der Waals surface area contributed by atoms with Crippen molar-refractivity contribution in [3.05, 3.63) is 81.8 Å². The summed E-state index contributed by atoms with van der Waals surface area (Å²) < 4.78 is 21.5. The Bertz CT molecular complexity index is 1160. The van der Waals surface area contributed by atoms with Crippen molar-refractivity contribution >= 4 is 35.3 Å². The zero-order valence-electron chi connectivity index (χ0n) is 16.9. The number of benzene rings is 2. The largest absolute Gasteiger partial charge is 0.463 e. The summed E-state index contributed by atoms with van der Waals surface area (Å²) in [5, 5.41) is 8.84. The van der Waals surface area contributed by atoms with Gasteiger partial charge in [-0.3, -0.25) is 0 Å². The number of allylic oxidation sites excluding steroid dienone is 1. The summed E-state index contributed by atoms with van der Waals surface area (Å²) >= 11 is 7.65. The smallest absolute Gasteiger partial charge is 0.338 e. The molecule has 1 aliphatic heterocycles. The normalized spacial score (nSPS) is 15.4. The van der Waals surface area contributed by atoms with E-state index < -0.39 is 17.8 Å². The lowest BCUT2D eigenvalue weighted by molar-refractivity contribution is -0.139. The fourth-order valence-electron chi connectivity index (χ4n) is 3.41. The van der Waals surface area contributed by atoms with Crippen molar-refractivity contribution in [3.63, 3.8) is 0 Å². The van der Waals surface area contributed by atoms with E-state index in [1.54, 1.807) is 32.0 Å². The number of hydrogen-bond acceptors (Lipinski definition) is 6.